The summed E-state index contributed by atoms with van der Waals surface area (Å²) in [6, 6.07) is 9.69. The van der Waals surface area contributed by atoms with Crippen LogP contribution in [0.15, 0.2) is 35.5 Å². The Bertz CT molecular complexity index is 435. The second kappa shape index (κ2) is 3.74. The summed E-state index contributed by atoms with van der Waals surface area (Å²) >= 11 is 0. The number of nitrogens with zero attached hydrogens (tertiary/aromatic N) is 1. The van der Waals surface area contributed by atoms with Gasteiger partial charge < -0.3 is 4.84 Å². The van der Waals surface area contributed by atoms with Crippen molar-refractivity contribution in [2.24, 2.45) is 11.1 Å². The Morgan fingerprint density at radius 2 is 1.94 bits per heavy atom. The Balaban J connectivity index is 2.40. The summed E-state index contributed by atoms with van der Waals surface area (Å²) < 4.78 is 0. The van der Waals surface area contributed by atoms with Crippen LogP contribution in [0.4, 0.5) is 0 Å². The highest BCUT2D eigenvalue weighted by Crippen LogP contribution is 2.32. The van der Waals surface area contributed by atoms with Crippen LogP contribution in [-0.4, -0.2) is 17.1 Å². The summed E-state index contributed by atoms with van der Waals surface area (Å²) in [6.07, 6.45) is 0. The fraction of sp³-hybridized carbons (Fsp3) is 0.385. The zero-order valence-electron chi connectivity index (χ0n) is 9.73. The monoisotopic (exact) mass is 217 g/mol. The molecule has 1 aromatic carbocycles. The lowest BCUT2D eigenvalue weighted by Crippen LogP contribution is -2.37. The van der Waals surface area contributed by atoms with Gasteiger partial charge in [-0.3, -0.25) is 4.79 Å². The molecule has 1 unspecified atom stereocenters. The fourth-order valence-electron chi connectivity index (χ4n) is 2.11. The van der Waals surface area contributed by atoms with Crippen molar-refractivity contribution >= 4 is 11.5 Å². The zero-order chi connectivity index (χ0) is 11.8. The van der Waals surface area contributed by atoms with Crippen molar-refractivity contribution in [1.82, 2.24) is 0 Å². The summed E-state index contributed by atoms with van der Waals surface area (Å²) in [6.45, 7) is 5.36. The quantitative estimate of drug-likeness (QED) is 0.763. The SMILES string of the molecule is CC(=O)C1C(c2ccccc2)=NOC1(C)C. The minimum Gasteiger partial charge on any atom is -0.388 e. The molecule has 1 aliphatic heterocycles. The van der Waals surface area contributed by atoms with Crippen molar-refractivity contribution in [3.8, 4) is 0 Å². The zero-order valence-corrected chi connectivity index (χ0v) is 9.73. The van der Waals surface area contributed by atoms with Gasteiger partial charge in [-0.1, -0.05) is 35.5 Å². The second-order valence-electron chi connectivity index (χ2n) is 4.58. The summed E-state index contributed by atoms with van der Waals surface area (Å²) in [4.78, 5) is 17.0. The summed E-state index contributed by atoms with van der Waals surface area (Å²) in [5.74, 6) is -0.194. The molecule has 0 saturated heterocycles. The molecule has 1 heterocycles. The van der Waals surface area contributed by atoms with E-state index in [2.05, 4.69) is 5.16 Å². The lowest BCUT2D eigenvalue weighted by atomic mass is 9.82. The number of hydrogen-bond acceptors (Lipinski definition) is 3. The predicted molar refractivity (Wildman–Crippen MR) is 62.3 cm³/mol. The van der Waals surface area contributed by atoms with Gasteiger partial charge in [0.2, 0.25) is 0 Å². The van der Waals surface area contributed by atoms with Gasteiger partial charge in [-0.25, -0.2) is 0 Å². The topological polar surface area (TPSA) is 38.7 Å². The molecular weight excluding hydrogens is 202 g/mol. The Hall–Kier alpha value is -1.64. The van der Waals surface area contributed by atoms with Crippen molar-refractivity contribution in [3.05, 3.63) is 35.9 Å². The van der Waals surface area contributed by atoms with Gasteiger partial charge in [0.1, 0.15) is 23.0 Å². The first-order valence-electron chi connectivity index (χ1n) is 5.34. The van der Waals surface area contributed by atoms with E-state index in [0.29, 0.717) is 0 Å². The van der Waals surface area contributed by atoms with Crippen LogP contribution in [0.5, 0.6) is 0 Å². The van der Waals surface area contributed by atoms with E-state index in [-0.39, 0.29) is 11.7 Å². The van der Waals surface area contributed by atoms with Crippen LogP contribution in [0, 0.1) is 5.92 Å². The standard InChI is InChI=1S/C13H15NO2/c1-9(15)11-12(14-16-13(11,2)3)10-7-5-4-6-8-10/h4-8,11H,1-3H3. The van der Waals surface area contributed by atoms with E-state index in [4.69, 9.17) is 4.84 Å². The third kappa shape index (κ3) is 1.73. The number of carbonyl (C=O) groups excluding carboxylic acids is 1. The van der Waals surface area contributed by atoms with Gasteiger partial charge in [0.05, 0.1) is 0 Å². The summed E-state index contributed by atoms with van der Waals surface area (Å²) in [5, 5.41) is 4.06. The van der Waals surface area contributed by atoms with Crippen molar-refractivity contribution in [2.45, 2.75) is 26.4 Å². The van der Waals surface area contributed by atoms with Gasteiger partial charge in [0.15, 0.2) is 0 Å². The van der Waals surface area contributed by atoms with Crippen LogP contribution >= 0.6 is 0 Å². The van der Waals surface area contributed by atoms with Gasteiger partial charge in [0.25, 0.3) is 0 Å². The fourth-order valence-corrected chi connectivity index (χ4v) is 2.11. The molecule has 2 rings (SSSR count). The first-order valence-corrected chi connectivity index (χ1v) is 5.34. The molecule has 0 fully saturated rings. The molecule has 0 bridgehead atoms. The molecule has 0 saturated carbocycles. The summed E-state index contributed by atoms with van der Waals surface area (Å²) in [7, 11) is 0. The van der Waals surface area contributed by atoms with Crippen LogP contribution in [0.25, 0.3) is 0 Å². The number of rotatable bonds is 2. The number of hydrogen-bond donors (Lipinski definition) is 0. The second-order valence-corrected chi connectivity index (χ2v) is 4.58. The number of oxime groups is 1. The van der Waals surface area contributed by atoms with E-state index in [0.717, 1.165) is 11.3 Å². The maximum absolute atomic E-state index is 11.7. The minimum absolute atomic E-state index is 0.0881. The molecule has 1 aliphatic rings. The Morgan fingerprint density at radius 3 is 2.50 bits per heavy atom. The third-order valence-corrected chi connectivity index (χ3v) is 2.82. The average molecular weight is 217 g/mol. The van der Waals surface area contributed by atoms with Gasteiger partial charge >= 0.3 is 0 Å². The third-order valence-electron chi connectivity index (χ3n) is 2.82. The normalized spacial score (nSPS) is 22.4. The largest absolute Gasteiger partial charge is 0.388 e. The van der Waals surface area contributed by atoms with E-state index in [1.165, 1.54) is 0 Å². The molecule has 1 aromatic rings. The molecule has 0 aliphatic carbocycles. The van der Waals surface area contributed by atoms with Crippen molar-refractivity contribution in [3.63, 3.8) is 0 Å². The molecule has 3 nitrogen and oxygen atoms in total. The van der Waals surface area contributed by atoms with E-state index in [1.807, 2.05) is 44.2 Å². The lowest BCUT2D eigenvalue weighted by molar-refractivity contribution is -0.124. The minimum atomic E-state index is -0.545. The molecule has 0 N–H and O–H groups in total. The van der Waals surface area contributed by atoms with Gasteiger partial charge in [-0.2, -0.15) is 0 Å². The van der Waals surface area contributed by atoms with Crippen molar-refractivity contribution < 1.29 is 9.63 Å². The molecule has 1 atom stereocenters. The lowest BCUT2D eigenvalue weighted by Gasteiger charge is -2.22. The van der Waals surface area contributed by atoms with Gasteiger partial charge in [-0.05, 0) is 20.8 Å². The van der Waals surface area contributed by atoms with E-state index in [9.17, 15) is 4.79 Å². The molecule has 0 aromatic heterocycles. The van der Waals surface area contributed by atoms with Crippen LogP contribution in [-0.2, 0) is 9.63 Å². The van der Waals surface area contributed by atoms with Crippen LogP contribution < -0.4 is 0 Å². The molecule has 0 spiro atoms. The average Bonchev–Trinajstić information content (AvgIpc) is 2.55. The molecule has 3 heteroatoms. The summed E-state index contributed by atoms with van der Waals surface area (Å²) in [5.41, 5.74) is 1.14. The number of Topliss-reactive ketones (excluding diaryl/α,β-unsaturated/α-hetero) is 1. The first kappa shape index (κ1) is 10.9. The molecule has 0 radical (unpaired) electrons. The molecular formula is C13H15NO2. The van der Waals surface area contributed by atoms with Gasteiger partial charge in [0, 0.05) is 5.56 Å². The maximum Gasteiger partial charge on any atom is 0.147 e. The highest BCUT2D eigenvalue weighted by atomic mass is 16.7. The number of ketones is 1. The van der Waals surface area contributed by atoms with E-state index >= 15 is 0 Å². The van der Waals surface area contributed by atoms with Crippen LogP contribution in [0.1, 0.15) is 26.3 Å². The van der Waals surface area contributed by atoms with Crippen LogP contribution in [0.3, 0.4) is 0 Å². The Morgan fingerprint density at radius 1 is 1.31 bits per heavy atom. The maximum atomic E-state index is 11.7. The highest BCUT2D eigenvalue weighted by Gasteiger charge is 2.44. The number of carbonyl (C=O) groups is 1. The Labute approximate surface area is 95.1 Å². The van der Waals surface area contributed by atoms with Crippen molar-refractivity contribution in [1.29, 1.82) is 0 Å². The smallest absolute Gasteiger partial charge is 0.147 e. The molecule has 0 amide bonds. The van der Waals surface area contributed by atoms with E-state index < -0.39 is 5.60 Å². The van der Waals surface area contributed by atoms with Gasteiger partial charge in [-0.15, -0.1) is 0 Å². The van der Waals surface area contributed by atoms with Crippen LogP contribution in [0.2, 0.25) is 0 Å². The first-order chi connectivity index (χ1) is 7.52. The van der Waals surface area contributed by atoms with Crippen molar-refractivity contribution in [2.75, 3.05) is 0 Å². The molecule has 84 valence electrons. The van der Waals surface area contributed by atoms with E-state index in [1.54, 1.807) is 6.92 Å². The number of benzene rings is 1. The molecule has 16 heavy (non-hydrogen) atoms. The Kier molecular flexibility index (Phi) is 2.54. The highest BCUT2D eigenvalue weighted by molar-refractivity contribution is 6.14. The predicted octanol–water partition coefficient (Wildman–Crippen LogP) is 2.40.